The zero-order valence-electron chi connectivity index (χ0n) is 8.92. The van der Waals surface area contributed by atoms with Crippen molar-refractivity contribution in [2.45, 2.75) is 44.4 Å². The lowest BCUT2D eigenvalue weighted by Crippen LogP contribution is -2.46. The first-order valence-corrected chi connectivity index (χ1v) is 5.89. The predicted molar refractivity (Wildman–Crippen MR) is 58.4 cm³/mol. The average Bonchev–Trinajstić information content (AvgIpc) is 2.53. The summed E-state index contributed by atoms with van der Waals surface area (Å²) in [4.78, 5) is 22.8. The van der Waals surface area contributed by atoms with Crippen molar-refractivity contribution in [3.63, 3.8) is 0 Å². The van der Waals surface area contributed by atoms with Crippen LogP contribution in [0.4, 0.5) is 0 Å². The standard InChI is InChI=1S/C10H17NO2S/c1-7(8(2)12)11-9(13)10(3)5-4-6-14-10/h7H,4-6H2,1-3H3,(H,11,13). The Hall–Kier alpha value is -0.510. The number of hydrogen-bond acceptors (Lipinski definition) is 3. The molecule has 1 fully saturated rings. The Bertz CT molecular complexity index is 247. The van der Waals surface area contributed by atoms with Crippen LogP contribution in [-0.4, -0.2) is 28.2 Å². The van der Waals surface area contributed by atoms with Crippen LogP contribution in [0.1, 0.15) is 33.6 Å². The highest BCUT2D eigenvalue weighted by molar-refractivity contribution is 8.01. The molecule has 1 aliphatic heterocycles. The molecule has 1 rings (SSSR count). The zero-order valence-corrected chi connectivity index (χ0v) is 9.74. The first kappa shape index (κ1) is 11.6. The van der Waals surface area contributed by atoms with E-state index in [1.807, 2.05) is 6.92 Å². The van der Waals surface area contributed by atoms with Gasteiger partial charge in [0.05, 0.1) is 10.8 Å². The molecular formula is C10H17NO2S. The number of ketones is 1. The van der Waals surface area contributed by atoms with Crippen LogP contribution in [0.3, 0.4) is 0 Å². The maximum Gasteiger partial charge on any atom is 0.236 e. The summed E-state index contributed by atoms with van der Waals surface area (Å²) in [6.07, 6.45) is 2.00. The normalized spacial score (nSPS) is 28.5. The van der Waals surface area contributed by atoms with Crippen LogP contribution >= 0.6 is 11.8 Å². The first-order valence-electron chi connectivity index (χ1n) is 4.91. The van der Waals surface area contributed by atoms with Gasteiger partial charge in [0.1, 0.15) is 0 Å². The first-order chi connectivity index (χ1) is 6.46. The Morgan fingerprint density at radius 3 is 2.57 bits per heavy atom. The third kappa shape index (κ3) is 2.50. The van der Waals surface area contributed by atoms with E-state index in [0.717, 1.165) is 18.6 Å². The summed E-state index contributed by atoms with van der Waals surface area (Å²) in [6.45, 7) is 5.17. The molecule has 80 valence electrons. The van der Waals surface area contributed by atoms with E-state index in [1.165, 1.54) is 6.92 Å². The van der Waals surface area contributed by atoms with Crippen LogP contribution in [0, 0.1) is 0 Å². The Morgan fingerprint density at radius 2 is 2.14 bits per heavy atom. The molecule has 14 heavy (non-hydrogen) atoms. The molecule has 0 aromatic rings. The Balaban J connectivity index is 2.53. The molecule has 2 unspecified atom stereocenters. The van der Waals surface area contributed by atoms with Gasteiger partial charge in [-0.3, -0.25) is 9.59 Å². The summed E-state index contributed by atoms with van der Waals surface area (Å²) < 4.78 is -0.316. The number of hydrogen-bond donors (Lipinski definition) is 1. The van der Waals surface area contributed by atoms with Gasteiger partial charge in [0.25, 0.3) is 0 Å². The van der Waals surface area contributed by atoms with E-state index in [2.05, 4.69) is 5.32 Å². The molecule has 1 amide bonds. The second-order valence-electron chi connectivity index (χ2n) is 3.99. The van der Waals surface area contributed by atoms with E-state index in [1.54, 1.807) is 18.7 Å². The highest BCUT2D eigenvalue weighted by Gasteiger charge is 2.37. The second-order valence-corrected chi connectivity index (χ2v) is 5.59. The molecule has 4 heteroatoms. The van der Waals surface area contributed by atoms with Gasteiger partial charge in [-0.25, -0.2) is 0 Å². The van der Waals surface area contributed by atoms with Crippen LogP contribution in [0.15, 0.2) is 0 Å². The number of carbonyl (C=O) groups is 2. The number of Topliss-reactive ketones (excluding diaryl/α,β-unsaturated/α-hetero) is 1. The summed E-state index contributed by atoms with van der Waals surface area (Å²) in [5.41, 5.74) is 0. The molecule has 0 radical (unpaired) electrons. The molecule has 2 atom stereocenters. The van der Waals surface area contributed by atoms with E-state index >= 15 is 0 Å². The molecule has 0 aromatic heterocycles. The summed E-state index contributed by atoms with van der Waals surface area (Å²) in [7, 11) is 0. The smallest absolute Gasteiger partial charge is 0.236 e. The van der Waals surface area contributed by atoms with Crippen molar-refractivity contribution in [1.82, 2.24) is 5.32 Å². The van der Waals surface area contributed by atoms with E-state index < -0.39 is 0 Å². The quantitative estimate of drug-likeness (QED) is 0.773. The third-order valence-corrected chi connectivity index (χ3v) is 4.18. The number of thioether (sulfide) groups is 1. The lowest BCUT2D eigenvalue weighted by atomic mass is 10.0. The van der Waals surface area contributed by atoms with Crippen molar-refractivity contribution in [3.05, 3.63) is 0 Å². The van der Waals surface area contributed by atoms with Gasteiger partial charge >= 0.3 is 0 Å². The fourth-order valence-corrected chi connectivity index (χ4v) is 2.63. The van der Waals surface area contributed by atoms with Crippen molar-refractivity contribution in [2.75, 3.05) is 5.75 Å². The molecule has 0 bridgehead atoms. The van der Waals surface area contributed by atoms with Crippen LogP contribution < -0.4 is 5.32 Å². The minimum Gasteiger partial charge on any atom is -0.345 e. The molecule has 0 aromatic carbocycles. The van der Waals surface area contributed by atoms with Crippen molar-refractivity contribution < 1.29 is 9.59 Å². The van der Waals surface area contributed by atoms with Gasteiger partial charge in [0, 0.05) is 0 Å². The maximum atomic E-state index is 11.8. The van der Waals surface area contributed by atoms with Gasteiger partial charge in [-0.1, -0.05) is 0 Å². The van der Waals surface area contributed by atoms with Crippen molar-refractivity contribution in [2.24, 2.45) is 0 Å². The SMILES string of the molecule is CC(=O)C(C)NC(=O)C1(C)CCCS1. The average molecular weight is 215 g/mol. The molecule has 0 saturated carbocycles. The van der Waals surface area contributed by atoms with Gasteiger partial charge < -0.3 is 5.32 Å². The van der Waals surface area contributed by atoms with E-state index in [-0.39, 0.29) is 22.5 Å². The lowest BCUT2D eigenvalue weighted by Gasteiger charge is -2.23. The third-order valence-electron chi connectivity index (χ3n) is 2.66. The number of carbonyl (C=O) groups excluding carboxylic acids is 2. The largest absolute Gasteiger partial charge is 0.345 e. The van der Waals surface area contributed by atoms with Gasteiger partial charge in [-0.15, -0.1) is 11.8 Å². The lowest BCUT2D eigenvalue weighted by molar-refractivity contribution is -0.127. The van der Waals surface area contributed by atoms with Gasteiger partial charge in [0.2, 0.25) is 5.91 Å². The highest BCUT2D eigenvalue weighted by Crippen LogP contribution is 2.37. The van der Waals surface area contributed by atoms with Crippen LogP contribution in [0.5, 0.6) is 0 Å². The fraction of sp³-hybridized carbons (Fsp3) is 0.800. The monoisotopic (exact) mass is 215 g/mol. The summed E-state index contributed by atoms with van der Waals surface area (Å²) in [5.74, 6) is 1.05. The minimum absolute atomic E-state index is 0.00250. The van der Waals surface area contributed by atoms with E-state index in [4.69, 9.17) is 0 Å². The Kier molecular flexibility index (Phi) is 3.59. The maximum absolute atomic E-state index is 11.8. The fourth-order valence-electron chi connectivity index (χ4n) is 1.41. The molecule has 1 saturated heterocycles. The van der Waals surface area contributed by atoms with Crippen LogP contribution in [0.25, 0.3) is 0 Å². The van der Waals surface area contributed by atoms with Crippen molar-refractivity contribution in [1.29, 1.82) is 0 Å². The highest BCUT2D eigenvalue weighted by atomic mass is 32.2. The molecule has 1 aliphatic rings. The molecule has 1 heterocycles. The minimum atomic E-state index is -0.361. The van der Waals surface area contributed by atoms with Crippen molar-refractivity contribution >= 4 is 23.5 Å². The molecule has 0 spiro atoms. The number of nitrogens with one attached hydrogen (secondary N) is 1. The predicted octanol–water partition coefficient (Wildman–Crippen LogP) is 1.37. The van der Waals surface area contributed by atoms with Crippen LogP contribution in [-0.2, 0) is 9.59 Å². The Morgan fingerprint density at radius 1 is 1.50 bits per heavy atom. The van der Waals surface area contributed by atoms with Crippen LogP contribution in [0.2, 0.25) is 0 Å². The van der Waals surface area contributed by atoms with Gasteiger partial charge in [-0.05, 0) is 39.4 Å². The van der Waals surface area contributed by atoms with Gasteiger partial charge in [0.15, 0.2) is 5.78 Å². The van der Waals surface area contributed by atoms with Crippen molar-refractivity contribution in [3.8, 4) is 0 Å². The topological polar surface area (TPSA) is 46.2 Å². The Labute approximate surface area is 89.0 Å². The van der Waals surface area contributed by atoms with E-state index in [9.17, 15) is 9.59 Å². The second kappa shape index (κ2) is 4.34. The number of amides is 1. The summed E-state index contributed by atoms with van der Waals surface area (Å²) in [6, 6.07) is -0.361. The summed E-state index contributed by atoms with van der Waals surface area (Å²) >= 11 is 1.68. The molecule has 3 nitrogen and oxygen atoms in total. The summed E-state index contributed by atoms with van der Waals surface area (Å²) in [5, 5.41) is 2.75. The van der Waals surface area contributed by atoms with Gasteiger partial charge in [-0.2, -0.15) is 0 Å². The zero-order chi connectivity index (χ0) is 10.8. The van der Waals surface area contributed by atoms with E-state index in [0.29, 0.717) is 0 Å². The molecular weight excluding hydrogens is 198 g/mol. The molecule has 0 aliphatic carbocycles. The number of rotatable bonds is 3. The molecule has 1 N–H and O–H groups in total.